The molecule has 0 aliphatic heterocycles. The Labute approximate surface area is 119 Å². The predicted molar refractivity (Wildman–Crippen MR) is 82.5 cm³/mol. The molecule has 0 bridgehead atoms. The van der Waals surface area contributed by atoms with Crippen LogP contribution in [0.15, 0.2) is 12.2 Å². The Morgan fingerprint density at radius 3 is 2.00 bits per heavy atom. The number of hydrogen-bond acceptors (Lipinski definition) is 2. The molecule has 0 radical (unpaired) electrons. The second-order valence-electron chi connectivity index (χ2n) is 5.24. The number of methoxy groups -OCH3 is 1. The van der Waals surface area contributed by atoms with E-state index in [9.17, 15) is 4.79 Å². The molecule has 1 atom stereocenters. The van der Waals surface area contributed by atoms with Crippen LogP contribution in [-0.4, -0.2) is 19.0 Å². The summed E-state index contributed by atoms with van der Waals surface area (Å²) in [6, 6.07) is 0. The predicted octanol–water partition coefficient (Wildman–Crippen LogP) is 5.07. The van der Waals surface area contributed by atoms with Crippen LogP contribution in [0.4, 0.5) is 0 Å². The van der Waals surface area contributed by atoms with E-state index < -0.39 is 0 Å². The zero-order valence-corrected chi connectivity index (χ0v) is 13.1. The first-order chi connectivity index (χ1) is 9.26. The number of unbranched alkanes of at least 4 members (excludes halogenated alkanes) is 8. The highest BCUT2D eigenvalue weighted by molar-refractivity contribution is 5.93. The minimum absolute atomic E-state index is 0.101. The van der Waals surface area contributed by atoms with E-state index in [1.54, 1.807) is 19.3 Å². The summed E-state index contributed by atoms with van der Waals surface area (Å²) in [5, 5.41) is 0. The third-order valence-corrected chi connectivity index (χ3v) is 3.50. The van der Waals surface area contributed by atoms with Crippen LogP contribution >= 0.6 is 0 Å². The van der Waals surface area contributed by atoms with Crippen LogP contribution in [-0.2, 0) is 9.53 Å². The summed E-state index contributed by atoms with van der Waals surface area (Å²) in [6.45, 7) is 4.12. The van der Waals surface area contributed by atoms with Crippen molar-refractivity contribution in [2.75, 3.05) is 7.11 Å². The van der Waals surface area contributed by atoms with E-state index in [1.807, 2.05) is 6.92 Å². The van der Waals surface area contributed by atoms with E-state index in [0.717, 1.165) is 12.8 Å². The molecular formula is C17H32O2. The largest absolute Gasteiger partial charge is 0.373 e. The van der Waals surface area contributed by atoms with Crippen LogP contribution in [0.1, 0.15) is 78.1 Å². The van der Waals surface area contributed by atoms with E-state index in [4.69, 9.17) is 4.74 Å². The summed E-state index contributed by atoms with van der Waals surface area (Å²) >= 11 is 0. The minimum atomic E-state index is -0.235. The highest BCUT2D eigenvalue weighted by Crippen LogP contribution is 2.12. The Kier molecular flexibility index (Phi) is 13.3. The molecule has 0 N–H and O–H groups in total. The molecule has 0 heterocycles. The van der Waals surface area contributed by atoms with Gasteiger partial charge in [-0.1, -0.05) is 70.8 Å². The van der Waals surface area contributed by atoms with Crippen molar-refractivity contribution in [3.63, 3.8) is 0 Å². The lowest BCUT2D eigenvalue weighted by atomic mass is 10.0. The Balaban J connectivity index is 3.44. The summed E-state index contributed by atoms with van der Waals surface area (Å²) in [4.78, 5) is 11.6. The molecule has 0 fully saturated rings. The molecule has 0 aromatic rings. The van der Waals surface area contributed by atoms with E-state index in [0.29, 0.717) is 0 Å². The van der Waals surface area contributed by atoms with Gasteiger partial charge in [0.05, 0.1) is 0 Å². The fraction of sp³-hybridized carbons (Fsp3) is 0.824. The molecule has 0 aliphatic carbocycles. The molecule has 0 saturated heterocycles. The monoisotopic (exact) mass is 268 g/mol. The van der Waals surface area contributed by atoms with Crippen molar-refractivity contribution in [2.45, 2.75) is 84.2 Å². The van der Waals surface area contributed by atoms with E-state index in [-0.39, 0.29) is 11.9 Å². The van der Waals surface area contributed by atoms with Crippen molar-refractivity contribution in [1.29, 1.82) is 0 Å². The quantitative estimate of drug-likeness (QED) is 0.344. The van der Waals surface area contributed by atoms with E-state index >= 15 is 0 Å². The van der Waals surface area contributed by atoms with Gasteiger partial charge < -0.3 is 4.74 Å². The number of ketones is 1. The molecule has 0 spiro atoms. The normalized spacial score (nSPS) is 13.0. The molecule has 2 heteroatoms. The van der Waals surface area contributed by atoms with Gasteiger partial charge in [-0.05, 0) is 19.4 Å². The number of carbonyl (C=O) groups is 1. The first-order valence-corrected chi connectivity index (χ1v) is 7.95. The molecule has 0 aliphatic rings. The first kappa shape index (κ1) is 18.4. The van der Waals surface area contributed by atoms with Gasteiger partial charge in [-0.2, -0.15) is 0 Å². The van der Waals surface area contributed by atoms with Crippen molar-refractivity contribution < 1.29 is 9.53 Å². The van der Waals surface area contributed by atoms with Crippen molar-refractivity contribution >= 4 is 5.78 Å². The maximum absolute atomic E-state index is 11.6. The summed E-state index contributed by atoms with van der Waals surface area (Å²) in [5.41, 5.74) is 0. The summed E-state index contributed by atoms with van der Waals surface area (Å²) in [5.74, 6) is 0.101. The molecule has 0 amide bonds. The van der Waals surface area contributed by atoms with Crippen molar-refractivity contribution in [3.05, 3.63) is 12.2 Å². The Bertz CT molecular complexity index is 233. The first-order valence-electron chi connectivity index (χ1n) is 7.95. The summed E-state index contributed by atoms with van der Waals surface area (Å²) < 4.78 is 5.24. The van der Waals surface area contributed by atoms with Gasteiger partial charge in [0, 0.05) is 7.11 Å². The van der Waals surface area contributed by atoms with Gasteiger partial charge in [0.1, 0.15) is 6.10 Å². The zero-order valence-electron chi connectivity index (χ0n) is 13.1. The third kappa shape index (κ3) is 10.9. The lowest BCUT2D eigenvalue weighted by Crippen LogP contribution is -2.20. The van der Waals surface area contributed by atoms with Gasteiger partial charge >= 0.3 is 0 Å². The summed E-state index contributed by atoms with van der Waals surface area (Å²) in [6.07, 6.45) is 15.8. The summed E-state index contributed by atoms with van der Waals surface area (Å²) in [7, 11) is 1.62. The molecule has 2 nitrogen and oxygen atoms in total. The second-order valence-corrected chi connectivity index (χ2v) is 5.24. The van der Waals surface area contributed by atoms with Crippen LogP contribution < -0.4 is 0 Å². The van der Waals surface area contributed by atoms with Crippen molar-refractivity contribution in [1.82, 2.24) is 0 Å². The van der Waals surface area contributed by atoms with Crippen LogP contribution in [0.2, 0.25) is 0 Å². The van der Waals surface area contributed by atoms with Gasteiger partial charge in [-0.15, -0.1) is 0 Å². The fourth-order valence-corrected chi connectivity index (χ4v) is 2.29. The van der Waals surface area contributed by atoms with Crippen LogP contribution in [0.25, 0.3) is 0 Å². The molecule has 0 aromatic carbocycles. The lowest BCUT2D eigenvalue weighted by molar-refractivity contribution is -0.124. The SMILES string of the molecule is CC=CC(=O)C(CCCCCCCCCCC)OC. The van der Waals surface area contributed by atoms with Gasteiger partial charge in [0.25, 0.3) is 0 Å². The Hall–Kier alpha value is -0.630. The van der Waals surface area contributed by atoms with E-state index in [2.05, 4.69) is 6.92 Å². The molecular weight excluding hydrogens is 236 g/mol. The van der Waals surface area contributed by atoms with Crippen LogP contribution in [0.3, 0.4) is 0 Å². The van der Waals surface area contributed by atoms with Crippen LogP contribution in [0, 0.1) is 0 Å². The van der Waals surface area contributed by atoms with Gasteiger partial charge in [-0.3, -0.25) is 4.79 Å². The maximum Gasteiger partial charge on any atom is 0.184 e. The average Bonchev–Trinajstić information content (AvgIpc) is 2.41. The second kappa shape index (κ2) is 13.8. The zero-order chi connectivity index (χ0) is 14.3. The lowest BCUT2D eigenvalue weighted by Gasteiger charge is -2.11. The van der Waals surface area contributed by atoms with E-state index in [1.165, 1.54) is 51.4 Å². The molecule has 112 valence electrons. The number of hydrogen-bond donors (Lipinski definition) is 0. The minimum Gasteiger partial charge on any atom is -0.373 e. The fourth-order valence-electron chi connectivity index (χ4n) is 2.29. The molecule has 0 saturated carbocycles. The molecule has 0 rings (SSSR count). The highest BCUT2D eigenvalue weighted by Gasteiger charge is 2.13. The smallest absolute Gasteiger partial charge is 0.184 e. The molecule has 0 aromatic heterocycles. The van der Waals surface area contributed by atoms with Crippen molar-refractivity contribution in [2.24, 2.45) is 0 Å². The Morgan fingerprint density at radius 2 is 1.53 bits per heavy atom. The number of ether oxygens (including phenoxy) is 1. The van der Waals surface area contributed by atoms with Gasteiger partial charge in [0.15, 0.2) is 5.78 Å². The Morgan fingerprint density at radius 1 is 1.00 bits per heavy atom. The average molecular weight is 268 g/mol. The van der Waals surface area contributed by atoms with Gasteiger partial charge in [-0.25, -0.2) is 0 Å². The van der Waals surface area contributed by atoms with Crippen LogP contribution in [0.5, 0.6) is 0 Å². The maximum atomic E-state index is 11.6. The highest BCUT2D eigenvalue weighted by atomic mass is 16.5. The number of allylic oxidation sites excluding steroid dienone is 1. The molecule has 19 heavy (non-hydrogen) atoms. The van der Waals surface area contributed by atoms with Gasteiger partial charge in [0.2, 0.25) is 0 Å². The topological polar surface area (TPSA) is 26.3 Å². The number of rotatable bonds is 13. The third-order valence-electron chi connectivity index (χ3n) is 3.50. The standard InChI is InChI=1S/C17H32O2/c1-4-6-7-8-9-10-11-12-13-15-17(19-3)16(18)14-5-2/h5,14,17H,4,6-13,15H2,1-3H3. The molecule has 1 unspecified atom stereocenters. The van der Waals surface area contributed by atoms with Crippen molar-refractivity contribution in [3.8, 4) is 0 Å². The number of carbonyl (C=O) groups excluding carboxylic acids is 1.